The van der Waals surface area contributed by atoms with Gasteiger partial charge < -0.3 is 9.32 Å². The summed E-state index contributed by atoms with van der Waals surface area (Å²) < 4.78 is 5.83. The molecule has 0 atom stereocenters. The van der Waals surface area contributed by atoms with E-state index in [9.17, 15) is 19.7 Å². The first-order valence-electron chi connectivity index (χ1n) is 11.1. The molecule has 172 valence electrons. The van der Waals surface area contributed by atoms with E-state index in [1.54, 1.807) is 48.5 Å². The highest BCUT2D eigenvalue weighted by molar-refractivity contribution is 6.31. The van der Waals surface area contributed by atoms with E-state index in [1.165, 1.54) is 17.2 Å². The minimum atomic E-state index is -0.534. The molecule has 34 heavy (non-hydrogen) atoms. The van der Waals surface area contributed by atoms with Crippen LogP contribution in [0.1, 0.15) is 25.0 Å². The Kier molecular flexibility index (Phi) is 5.59. The van der Waals surface area contributed by atoms with Crippen molar-refractivity contribution in [3.05, 3.63) is 82.1 Å². The number of carbonyl (C=O) groups excluding carboxylic acids is 2. The second-order valence-corrected chi connectivity index (χ2v) is 8.19. The number of benzene rings is 2. The van der Waals surface area contributed by atoms with Crippen LogP contribution < -0.4 is 15.3 Å². The number of carbonyl (C=O) groups is 2. The van der Waals surface area contributed by atoms with Crippen LogP contribution in [0.3, 0.4) is 0 Å². The SMILES string of the molecule is O=C1NN(c2ccccc2)C(=O)C1=Cc1ccc(-c2ccc(N3CCCCC3)c([N+](=O)[O-])c2)o1. The van der Waals surface area contributed by atoms with Gasteiger partial charge in [0.1, 0.15) is 22.8 Å². The molecule has 2 saturated heterocycles. The van der Waals surface area contributed by atoms with E-state index in [2.05, 4.69) is 5.43 Å². The lowest BCUT2D eigenvalue weighted by molar-refractivity contribution is -0.384. The van der Waals surface area contributed by atoms with Crippen LogP contribution in [0.15, 0.2) is 70.7 Å². The van der Waals surface area contributed by atoms with Gasteiger partial charge in [0.25, 0.3) is 17.5 Å². The molecule has 2 aliphatic rings. The topological polar surface area (TPSA) is 109 Å². The van der Waals surface area contributed by atoms with Crippen molar-refractivity contribution < 1.29 is 18.9 Å². The third-order valence-electron chi connectivity index (χ3n) is 5.97. The first-order chi connectivity index (χ1) is 16.5. The second kappa shape index (κ2) is 8.86. The summed E-state index contributed by atoms with van der Waals surface area (Å²) in [4.78, 5) is 38.6. The van der Waals surface area contributed by atoms with Crippen molar-refractivity contribution in [2.24, 2.45) is 0 Å². The fourth-order valence-electron chi connectivity index (χ4n) is 4.27. The van der Waals surface area contributed by atoms with E-state index in [1.807, 2.05) is 11.0 Å². The lowest BCUT2D eigenvalue weighted by Gasteiger charge is -2.28. The summed E-state index contributed by atoms with van der Waals surface area (Å²) in [6, 6.07) is 17.1. The van der Waals surface area contributed by atoms with E-state index >= 15 is 0 Å². The predicted molar refractivity (Wildman–Crippen MR) is 127 cm³/mol. The van der Waals surface area contributed by atoms with Crippen LogP contribution in [-0.2, 0) is 9.59 Å². The molecule has 3 aromatic rings. The van der Waals surface area contributed by atoms with Gasteiger partial charge in [0, 0.05) is 24.7 Å². The number of anilines is 2. The third kappa shape index (κ3) is 4.03. The number of piperidine rings is 1. The normalized spacial score (nSPS) is 17.4. The van der Waals surface area contributed by atoms with E-state index in [-0.39, 0.29) is 16.2 Å². The zero-order valence-electron chi connectivity index (χ0n) is 18.3. The molecule has 2 aromatic carbocycles. The Labute approximate surface area is 195 Å². The highest BCUT2D eigenvalue weighted by atomic mass is 16.6. The van der Waals surface area contributed by atoms with Crippen LogP contribution in [-0.4, -0.2) is 29.8 Å². The fraction of sp³-hybridized carbons (Fsp3) is 0.200. The molecule has 2 amide bonds. The highest BCUT2D eigenvalue weighted by Crippen LogP contribution is 2.35. The Bertz CT molecular complexity index is 1290. The number of rotatable bonds is 5. The summed E-state index contributed by atoms with van der Waals surface area (Å²) >= 11 is 0. The highest BCUT2D eigenvalue weighted by Gasteiger charge is 2.34. The van der Waals surface area contributed by atoms with Crippen molar-refractivity contribution in [2.75, 3.05) is 23.0 Å². The van der Waals surface area contributed by atoms with Gasteiger partial charge >= 0.3 is 0 Å². The summed E-state index contributed by atoms with van der Waals surface area (Å²) in [6.45, 7) is 1.60. The number of nitrogens with one attached hydrogen (secondary N) is 1. The molecule has 0 spiro atoms. The summed E-state index contributed by atoms with van der Waals surface area (Å²) in [5.74, 6) is -0.318. The largest absolute Gasteiger partial charge is 0.457 e. The average molecular weight is 458 g/mol. The van der Waals surface area contributed by atoms with Gasteiger partial charge in [-0.15, -0.1) is 0 Å². The Hall–Kier alpha value is -4.40. The van der Waals surface area contributed by atoms with Crippen molar-refractivity contribution >= 4 is 35.0 Å². The van der Waals surface area contributed by atoms with E-state index in [0.717, 1.165) is 32.4 Å². The number of hydrogen-bond donors (Lipinski definition) is 1. The fourth-order valence-corrected chi connectivity index (χ4v) is 4.27. The second-order valence-electron chi connectivity index (χ2n) is 8.19. The van der Waals surface area contributed by atoms with E-state index in [0.29, 0.717) is 28.5 Å². The van der Waals surface area contributed by atoms with Crippen LogP contribution in [0.5, 0.6) is 0 Å². The van der Waals surface area contributed by atoms with Crippen LogP contribution in [0.25, 0.3) is 17.4 Å². The summed E-state index contributed by atoms with van der Waals surface area (Å²) in [6.07, 6.45) is 4.55. The maximum atomic E-state index is 12.8. The van der Waals surface area contributed by atoms with Crippen molar-refractivity contribution in [3.8, 4) is 11.3 Å². The quantitative estimate of drug-likeness (QED) is 0.264. The van der Waals surface area contributed by atoms with Gasteiger partial charge in [-0.05, 0) is 61.7 Å². The zero-order valence-corrected chi connectivity index (χ0v) is 18.3. The lowest BCUT2D eigenvalue weighted by Crippen LogP contribution is -2.35. The molecule has 9 heteroatoms. The van der Waals surface area contributed by atoms with Crippen LogP contribution in [0.2, 0.25) is 0 Å². The van der Waals surface area contributed by atoms with Crippen molar-refractivity contribution in [1.29, 1.82) is 0 Å². The van der Waals surface area contributed by atoms with Crippen molar-refractivity contribution in [1.82, 2.24) is 5.43 Å². The lowest BCUT2D eigenvalue weighted by atomic mass is 10.1. The molecule has 0 unspecified atom stereocenters. The molecule has 5 rings (SSSR count). The molecule has 1 N–H and O–H groups in total. The average Bonchev–Trinajstić information content (AvgIpc) is 3.45. The molecule has 2 aliphatic heterocycles. The summed E-state index contributed by atoms with van der Waals surface area (Å²) in [7, 11) is 0. The number of nitro benzene ring substituents is 1. The van der Waals surface area contributed by atoms with Crippen molar-refractivity contribution in [3.63, 3.8) is 0 Å². The maximum Gasteiger partial charge on any atom is 0.293 e. The molecule has 3 heterocycles. The monoisotopic (exact) mass is 458 g/mol. The Morgan fingerprint density at radius 3 is 2.47 bits per heavy atom. The number of para-hydroxylation sites is 1. The number of nitrogens with zero attached hydrogens (tertiary/aromatic N) is 3. The van der Waals surface area contributed by atoms with Gasteiger partial charge in [-0.3, -0.25) is 25.1 Å². The standard InChI is InChI=1S/C25H22N4O5/c30-24-20(25(31)28(26-24)18-7-3-1-4-8-18)16-19-10-12-23(34-19)17-9-11-21(22(15-17)29(32)33)27-13-5-2-6-14-27/h1,3-4,7-12,15-16H,2,5-6,13-14H2,(H,26,30). The van der Waals surface area contributed by atoms with E-state index in [4.69, 9.17) is 4.42 Å². The first kappa shape index (κ1) is 21.4. The third-order valence-corrected chi connectivity index (χ3v) is 5.97. The van der Waals surface area contributed by atoms with Gasteiger partial charge in [0.2, 0.25) is 0 Å². The Balaban J connectivity index is 1.41. The van der Waals surface area contributed by atoms with Gasteiger partial charge in [0.15, 0.2) is 0 Å². The Morgan fingerprint density at radius 2 is 1.74 bits per heavy atom. The van der Waals surface area contributed by atoms with Crippen LogP contribution in [0, 0.1) is 10.1 Å². The maximum absolute atomic E-state index is 12.8. The predicted octanol–water partition coefficient (Wildman–Crippen LogP) is 4.31. The molecule has 0 radical (unpaired) electrons. The Morgan fingerprint density at radius 1 is 0.971 bits per heavy atom. The van der Waals surface area contributed by atoms with Gasteiger partial charge in [-0.1, -0.05) is 18.2 Å². The number of amides is 2. The zero-order chi connectivity index (χ0) is 23.7. The molecule has 0 bridgehead atoms. The smallest absolute Gasteiger partial charge is 0.293 e. The van der Waals surface area contributed by atoms with Crippen molar-refractivity contribution in [2.45, 2.75) is 19.3 Å². The minimum Gasteiger partial charge on any atom is -0.457 e. The molecule has 0 aliphatic carbocycles. The van der Waals surface area contributed by atoms with Gasteiger partial charge in [-0.25, -0.2) is 5.01 Å². The van der Waals surface area contributed by atoms with E-state index < -0.39 is 11.8 Å². The molecule has 0 saturated carbocycles. The minimum absolute atomic E-state index is 0.0274. The molecular formula is C25H22N4O5. The molecule has 2 fully saturated rings. The number of hydrazine groups is 1. The number of nitro groups is 1. The molecule has 9 nitrogen and oxygen atoms in total. The number of hydrogen-bond acceptors (Lipinski definition) is 6. The molecular weight excluding hydrogens is 436 g/mol. The summed E-state index contributed by atoms with van der Waals surface area (Å²) in [5.41, 5.74) is 4.21. The number of furan rings is 1. The van der Waals surface area contributed by atoms with Gasteiger partial charge in [0.05, 0.1) is 10.6 Å². The first-order valence-corrected chi connectivity index (χ1v) is 11.1. The van der Waals surface area contributed by atoms with Crippen LogP contribution >= 0.6 is 0 Å². The van der Waals surface area contributed by atoms with Gasteiger partial charge in [-0.2, -0.15) is 0 Å². The van der Waals surface area contributed by atoms with Crippen LogP contribution in [0.4, 0.5) is 17.1 Å². The molecule has 1 aromatic heterocycles. The summed E-state index contributed by atoms with van der Waals surface area (Å²) in [5, 5.41) is 12.9.